The van der Waals surface area contributed by atoms with Crippen LogP contribution in [0.4, 0.5) is 0 Å². The monoisotopic (exact) mass is 273 g/mol. The van der Waals surface area contributed by atoms with Crippen LogP contribution < -0.4 is 0 Å². The molecule has 0 aromatic carbocycles. The molecule has 0 bridgehead atoms. The predicted octanol–water partition coefficient (Wildman–Crippen LogP) is 1.72. The van der Waals surface area contributed by atoms with E-state index in [4.69, 9.17) is 0 Å². The Bertz CT molecular complexity index is 313. The lowest BCUT2D eigenvalue weighted by molar-refractivity contribution is 0.105. The Morgan fingerprint density at radius 1 is 1.59 bits per heavy atom. The van der Waals surface area contributed by atoms with Gasteiger partial charge in [0.2, 0.25) is 0 Å². The molecular formula is C11H19N3OS2. The fraction of sp³-hybridized carbons (Fsp3) is 0.818. The lowest BCUT2D eigenvalue weighted by atomic mass is 9.99. The first-order chi connectivity index (χ1) is 8.24. The van der Waals surface area contributed by atoms with Crippen molar-refractivity contribution in [2.24, 2.45) is 5.92 Å². The van der Waals surface area contributed by atoms with E-state index in [9.17, 15) is 5.11 Å². The summed E-state index contributed by atoms with van der Waals surface area (Å²) in [6.45, 7) is 5.35. The predicted molar refractivity (Wildman–Crippen MR) is 71.5 cm³/mol. The van der Waals surface area contributed by atoms with E-state index in [0.29, 0.717) is 5.75 Å². The van der Waals surface area contributed by atoms with Crippen LogP contribution in [0.15, 0.2) is 9.85 Å². The lowest BCUT2D eigenvalue weighted by Crippen LogP contribution is -2.39. The van der Waals surface area contributed by atoms with Crippen molar-refractivity contribution in [3.63, 3.8) is 0 Å². The minimum absolute atomic E-state index is 0.266. The van der Waals surface area contributed by atoms with Crippen LogP contribution in [0.25, 0.3) is 0 Å². The van der Waals surface area contributed by atoms with Gasteiger partial charge in [0.05, 0.1) is 6.10 Å². The maximum Gasteiger partial charge on any atom is 0.174 e. The molecule has 6 heteroatoms. The molecule has 1 fully saturated rings. The molecule has 1 aliphatic rings. The topological polar surface area (TPSA) is 49.2 Å². The molecule has 1 N–H and O–H groups in total. The van der Waals surface area contributed by atoms with Crippen LogP contribution >= 0.6 is 23.1 Å². The molecule has 2 rings (SSSR count). The summed E-state index contributed by atoms with van der Waals surface area (Å²) in [5.74, 6) is 1.56. The number of β-amino-alcohol motifs (C(OH)–C–C–N with tert-alkyl or cyclic N) is 1. The molecule has 0 radical (unpaired) electrons. The summed E-state index contributed by atoms with van der Waals surface area (Å²) in [7, 11) is 0. The molecule has 0 amide bonds. The van der Waals surface area contributed by atoms with Gasteiger partial charge in [-0.1, -0.05) is 30.0 Å². The molecule has 1 atom stereocenters. The van der Waals surface area contributed by atoms with Gasteiger partial charge in [0.25, 0.3) is 0 Å². The zero-order valence-electron chi connectivity index (χ0n) is 10.1. The number of rotatable bonds is 5. The van der Waals surface area contributed by atoms with Gasteiger partial charge in [0.1, 0.15) is 5.51 Å². The standard InChI is InChI=1S/C11H19N3OS2/c1-9-2-4-14(5-3-9)6-10(15)7-16-11-13-12-8-17-11/h8-10,15H,2-7H2,1H3. The molecular weight excluding hydrogens is 254 g/mol. The maximum atomic E-state index is 9.96. The van der Waals surface area contributed by atoms with Crippen molar-refractivity contribution >= 4 is 23.1 Å². The Morgan fingerprint density at radius 3 is 3.00 bits per heavy atom. The van der Waals surface area contributed by atoms with Crippen molar-refractivity contribution in [3.05, 3.63) is 5.51 Å². The Hall–Kier alpha value is -0.170. The van der Waals surface area contributed by atoms with Crippen LogP contribution in [0.3, 0.4) is 0 Å². The highest BCUT2D eigenvalue weighted by Gasteiger charge is 2.18. The number of aliphatic hydroxyl groups is 1. The van der Waals surface area contributed by atoms with Gasteiger partial charge in [-0.25, -0.2) is 0 Å². The third-order valence-electron chi connectivity index (χ3n) is 3.08. The van der Waals surface area contributed by atoms with E-state index < -0.39 is 0 Å². The third kappa shape index (κ3) is 4.54. The van der Waals surface area contributed by atoms with Crippen molar-refractivity contribution in [3.8, 4) is 0 Å². The molecule has 0 saturated carbocycles. The minimum Gasteiger partial charge on any atom is -0.391 e. The molecule has 17 heavy (non-hydrogen) atoms. The number of aromatic nitrogens is 2. The third-order valence-corrected chi connectivity index (χ3v) is 5.09. The summed E-state index contributed by atoms with van der Waals surface area (Å²) >= 11 is 3.12. The summed E-state index contributed by atoms with van der Waals surface area (Å²) < 4.78 is 0.941. The van der Waals surface area contributed by atoms with E-state index >= 15 is 0 Å². The molecule has 1 aromatic rings. The highest BCUT2D eigenvalue weighted by atomic mass is 32.2. The molecule has 0 spiro atoms. The normalized spacial score (nSPS) is 20.6. The van der Waals surface area contributed by atoms with Crippen molar-refractivity contribution in [1.82, 2.24) is 15.1 Å². The van der Waals surface area contributed by atoms with E-state index in [1.807, 2.05) is 0 Å². The largest absolute Gasteiger partial charge is 0.391 e. The smallest absolute Gasteiger partial charge is 0.174 e. The highest BCUT2D eigenvalue weighted by Crippen LogP contribution is 2.21. The van der Waals surface area contributed by atoms with Crippen LogP contribution in [-0.4, -0.2) is 51.7 Å². The first kappa shape index (κ1) is 13.3. The molecule has 2 heterocycles. The second-order valence-electron chi connectivity index (χ2n) is 4.65. The number of piperidine rings is 1. The Labute approximate surface area is 110 Å². The van der Waals surface area contributed by atoms with E-state index in [1.54, 1.807) is 17.3 Å². The Balaban J connectivity index is 1.65. The molecule has 1 saturated heterocycles. The quantitative estimate of drug-likeness (QED) is 0.828. The Morgan fingerprint density at radius 2 is 2.35 bits per heavy atom. The molecule has 4 nitrogen and oxygen atoms in total. The average Bonchev–Trinajstić information content (AvgIpc) is 2.83. The van der Waals surface area contributed by atoms with Crippen molar-refractivity contribution in [1.29, 1.82) is 0 Å². The van der Waals surface area contributed by atoms with E-state index in [1.165, 1.54) is 24.2 Å². The number of likely N-dealkylation sites (tertiary alicyclic amines) is 1. The summed E-state index contributed by atoms with van der Waals surface area (Å²) in [4.78, 5) is 2.37. The van der Waals surface area contributed by atoms with E-state index in [0.717, 1.165) is 29.9 Å². The molecule has 1 aromatic heterocycles. The fourth-order valence-electron chi connectivity index (χ4n) is 1.99. The molecule has 1 aliphatic heterocycles. The first-order valence-corrected chi connectivity index (χ1v) is 7.90. The van der Waals surface area contributed by atoms with Crippen LogP contribution in [0.2, 0.25) is 0 Å². The van der Waals surface area contributed by atoms with E-state index in [2.05, 4.69) is 22.0 Å². The van der Waals surface area contributed by atoms with Gasteiger partial charge in [0, 0.05) is 12.3 Å². The van der Waals surface area contributed by atoms with Gasteiger partial charge in [-0.2, -0.15) is 0 Å². The zero-order chi connectivity index (χ0) is 12.1. The molecule has 0 aliphatic carbocycles. The minimum atomic E-state index is -0.266. The highest BCUT2D eigenvalue weighted by molar-refractivity contribution is 8.01. The van der Waals surface area contributed by atoms with Gasteiger partial charge < -0.3 is 10.0 Å². The van der Waals surface area contributed by atoms with Crippen LogP contribution in [-0.2, 0) is 0 Å². The summed E-state index contributed by atoms with van der Waals surface area (Å²) in [6, 6.07) is 0. The van der Waals surface area contributed by atoms with Crippen LogP contribution in [0.5, 0.6) is 0 Å². The van der Waals surface area contributed by atoms with E-state index in [-0.39, 0.29) is 6.10 Å². The van der Waals surface area contributed by atoms with Crippen molar-refractivity contribution < 1.29 is 5.11 Å². The Kier molecular flexibility index (Phi) is 5.21. The number of hydrogen-bond donors (Lipinski definition) is 1. The second kappa shape index (κ2) is 6.68. The zero-order valence-corrected chi connectivity index (χ0v) is 11.7. The maximum absolute atomic E-state index is 9.96. The van der Waals surface area contributed by atoms with Gasteiger partial charge in [0.15, 0.2) is 4.34 Å². The average molecular weight is 273 g/mol. The van der Waals surface area contributed by atoms with Gasteiger partial charge >= 0.3 is 0 Å². The second-order valence-corrected chi connectivity index (χ2v) is 6.75. The molecule has 1 unspecified atom stereocenters. The summed E-state index contributed by atoms with van der Waals surface area (Å²) in [5.41, 5.74) is 1.72. The number of aliphatic hydroxyl groups excluding tert-OH is 1. The first-order valence-electron chi connectivity index (χ1n) is 6.03. The van der Waals surface area contributed by atoms with Crippen LogP contribution in [0.1, 0.15) is 19.8 Å². The fourth-order valence-corrected chi connectivity index (χ4v) is 3.42. The van der Waals surface area contributed by atoms with Gasteiger partial charge in [-0.15, -0.1) is 10.2 Å². The van der Waals surface area contributed by atoms with Crippen LogP contribution in [0, 0.1) is 5.92 Å². The van der Waals surface area contributed by atoms with Gasteiger partial charge in [-0.05, 0) is 31.8 Å². The van der Waals surface area contributed by atoms with Gasteiger partial charge in [-0.3, -0.25) is 0 Å². The SMILES string of the molecule is CC1CCN(CC(O)CSc2nncs2)CC1. The number of thioether (sulfide) groups is 1. The number of hydrogen-bond acceptors (Lipinski definition) is 6. The summed E-state index contributed by atoms with van der Waals surface area (Å²) in [5, 5.41) is 17.7. The van der Waals surface area contributed by atoms with Crippen molar-refractivity contribution in [2.75, 3.05) is 25.4 Å². The summed E-state index contributed by atoms with van der Waals surface area (Å²) in [6.07, 6.45) is 2.25. The number of nitrogens with zero attached hydrogens (tertiary/aromatic N) is 3. The van der Waals surface area contributed by atoms with Crippen molar-refractivity contribution in [2.45, 2.75) is 30.2 Å². The lowest BCUT2D eigenvalue weighted by Gasteiger charge is -2.31. The molecule has 96 valence electrons.